The van der Waals surface area contributed by atoms with Crippen molar-refractivity contribution in [2.75, 3.05) is 19.8 Å². The van der Waals surface area contributed by atoms with Crippen LogP contribution in [-0.2, 0) is 28.6 Å². The highest BCUT2D eigenvalue weighted by Gasteiger charge is 2.16. The Kier molecular flexibility index (Phi) is 29.6. The summed E-state index contributed by atoms with van der Waals surface area (Å²) in [4.78, 5) is 35.0. The van der Waals surface area contributed by atoms with Crippen molar-refractivity contribution in [2.24, 2.45) is 0 Å². The summed E-state index contributed by atoms with van der Waals surface area (Å²) in [6, 6.07) is 0. The fourth-order valence-electron chi connectivity index (χ4n) is 4.75. The van der Waals surface area contributed by atoms with Gasteiger partial charge in [-0.3, -0.25) is 9.59 Å². The molecule has 0 aliphatic rings. The fraction of sp³-hybridized carbons (Fsp3) is 0.853. The number of ether oxygens (including phenoxy) is 3. The summed E-state index contributed by atoms with van der Waals surface area (Å²) >= 11 is 0. The molecule has 1 atom stereocenters. The normalized spacial score (nSPS) is 11.7. The smallest absolute Gasteiger partial charge is 0.330 e. The summed E-state index contributed by atoms with van der Waals surface area (Å²) in [7, 11) is 0. The molecule has 0 saturated heterocycles. The van der Waals surface area contributed by atoms with E-state index in [1.54, 1.807) is 0 Å². The predicted molar refractivity (Wildman–Crippen MR) is 166 cm³/mol. The van der Waals surface area contributed by atoms with E-state index in [1.807, 2.05) is 0 Å². The van der Waals surface area contributed by atoms with E-state index < -0.39 is 6.10 Å². The molecule has 0 aliphatic carbocycles. The lowest BCUT2D eigenvalue weighted by Crippen LogP contribution is -2.28. The Morgan fingerprint density at radius 1 is 0.610 bits per heavy atom. The number of carbonyl (C=O) groups excluding carboxylic acids is 3. The topological polar surface area (TPSA) is 99.1 Å². The highest BCUT2D eigenvalue weighted by atomic mass is 16.6. The first kappa shape index (κ1) is 39.1. The number of aliphatic hydroxyl groups is 1. The molecule has 0 bridgehead atoms. The zero-order valence-electron chi connectivity index (χ0n) is 26.4. The van der Waals surface area contributed by atoms with Gasteiger partial charge in [0.25, 0.3) is 0 Å². The van der Waals surface area contributed by atoms with Crippen LogP contribution in [0.3, 0.4) is 0 Å². The van der Waals surface area contributed by atoms with Crippen molar-refractivity contribution < 1.29 is 33.7 Å². The van der Waals surface area contributed by atoms with E-state index in [9.17, 15) is 19.5 Å². The van der Waals surface area contributed by atoms with Crippen LogP contribution in [0.15, 0.2) is 12.7 Å². The van der Waals surface area contributed by atoms with Gasteiger partial charge in [-0.1, -0.05) is 135 Å². The summed E-state index contributed by atoms with van der Waals surface area (Å²) in [5.41, 5.74) is 0. The minimum atomic E-state index is -0.793. The molecular weight excluding hydrogens is 520 g/mol. The van der Waals surface area contributed by atoms with Crippen molar-refractivity contribution >= 4 is 17.9 Å². The molecule has 240 valence electrons. The fourth-order valence-corrected chi connectivity index (χ4v) is 4.75. The second kappa shape index (κ2) is 31.1. The molecule has 7 heteroatoms. The van der Waals surface area contributed by atoms with Crippen LogP contribution in [0.5, 0.6) is 0 Å². The van der Waals surface area contributed by atoms with Gasteiger partial charge in [0.1, 0.15) is 6.61 Å². The SMILES string of the molecule is C=CC(=O)OCCCCCCCCCCCC(=O)OC(CO)COC(=O)CCCCCCCCCCCCCCC. The molecule has 1 N–H and O–H groups in total. The summed E-state index contributed by atoms with van der Waals surface area (Å²) in [5, 5.41) is 9.49. The van der Waals surface area contributed by atoms with Crippen LogP contribution in [-0.4, -0.2) is 48.9 Å². The first-order valence-electron chi connectivity index (χ1n) is 16.8. The van der Waals surface area contributed by atoms with Crippen LogP contribution in [0.25, 0.3) is 0 Å². The molecule has 1 unspecified atom stereocenters. The Morgan fingerprint density at radius 2 is 1.02 bits per heavy atom. The van der Waals surface area contributed by atoms with Gasteiger partial charge in [-0.15, -0.1) is 0 Å². The quantitative estimate of drug-likeness (QED) is 0.0378. The molecule has 7 nitrogen and oxygen atoms in total. The number of unbranched alkanes of at least 4 members (excludes halogenated alkanes) is 20. The monoisotopic (exact) mass is 582 g/mol. The molecular formula is C34H62O7. The molecule has 0 rings (SSSR count). The average molecular weight is 583 g/mol. The third-order valence-electron chi connectivity index (χ3n) is 7.35. The molecule has 0 heterocycles. The highest BCUT2D eigenvalue weighted by Crippen LogP contribution is 2.14. The minimum absolute atomic E-state index is 0.0871. The maximum absolute atomic E-state index is 12.1. The summed E-state index contributed by atoms with van der Waals surface area (Å²) < 4.78 is 15.5. The predicted octanol–water partition coefficient (Wildman–Crippen LogP) is 8.55. The number of hydrogen-bond acceptors (Lipinski definition) is 7. The Labute approximate surface area is 251 Å². The maximum Gasteiger partial charge on any atom is 0.330 e. The Morgan fingerprint density at radius 3 is 1.46 bits per heavy atom. The van der Waals surface area contributed by atoms with Crippen LogP contribution >= 0.6 is 0 Å². The lowest BCUT2D eigenvalue weighted by Gasteiger charge is -2.15. The van der Waals surface area contributed by atoms with Crippen molar-refractivity contribution in [1.82, 2.24) is 0 Å². The van der Waals surface area contributed by atoms with E-state index >= 15 is 0 Å². The van der Waals surface area contributed by atoms with Crippen molar-refractivity contribution in [3.8, 4) is 0 Å². The van der Waals surface area contributed by atoms with Gasteiger partial charge in [0, 0.05) is 18.9 Å². The lowest BCUT2D eigenvalue weighted by molar-refractivity contribution is -0.161. The number of carbonyl (C=O) groups is 3. The molecule has 0 radical (unpaired) electrons. The van der Waals surface area contributed by atoms with Crippen molar-refractivity contribution in [3.05, 3.63) is 12.7 Å². The van der Waals surface area contributed by atoms with Gasteiger partial charge in [0.15, 0.2) is 6.10 Å². The first-order valence-corrected chi connectivity index (χ1v) is 16.8. The van der Waals surface area contributed by atoms with Gasteiger partial charge in [-0.05, 0) is 19.3 Å². The highest BCUT2D eigenvalue weighted by molar-refractivity contribution is 5.81. The van der Waals surface area contributed by atoms with E-state index in [0.717, 1.165) is 77.0 Å². The van der Waals surface area contributed by atoms with Gasteiger partial charge >= 0.3 is 17.9 Å². The van der Waals surface area contributed by atoms with E-state index in [2.05, 4.69) is 13.5 Å². The maximum atomic E-state index is 12.1. The van der Waals surface area contributed by atoms with Crippen LogP contribution in [0.4, 0.5) is 0 Å². The molecule has 0 amide bonds. The number of aliphatic hydroxyl groups excluding tert-OH is 1. The Balaban J connectivity index is 3.55. The van der Waals surface area contributed by atoms with E-state index in [-0.39, 0.29) is 31.1 Å². The largest absolute Gasteiger partial charge is 0.463 e. The van der Waals surface area contributed by atoms with Crippen LogP contribution in [0.2, 0.25) is 0 Å². The number of rotatable bonds is 31. The third-order valence-corrected chi connectivity index (χ3v) is 7.35. The van der Waals surface area contributed by atoms with Gasteiger partial charge in [0.2, 0.25) is 0 Å². The second-order valence-electron chi connectivity index (χ2n) is 11.3. The van der Waals surface area contributed by atoms with Gasteiger partial charge in [-0.2, -0.15) is 0 Å². The van der Waals surface area contributed by atoms with Gasteiger partial charge < -0.3 is 19.3 Å². The number of hydrogen-bond donors (Lipinski definition) is 1. The third kappa shape index (κ3) is 29.4. The van der Waals surface area contributed by atoms with E-state index in [0.29, 0.717) is 19.4 Å². The van der Waals surface area contributed by atoms with Crippen LogP contribution in [0, 0.1) is 0 Å². The van der Waals surface area contributed by atoms with Gasteiger partial charge in [-0.25, -0.2) is 4.79 Å². The molecule has 0 spiro atoms. The second-order valence-corrected chi connectivity index (χ2v) is 11.3. The summed E-state index contributed by atoms with van der Waals surface area (Å²) in [6.07, 6.45) is 26.7. The first-order chi connectivity index (χ1) is 20.0. The molecule has 0 aromatic carbocycles. The van der Waals surface area contributed by atoms with Crippen molar-refractivity contribution in [1.29, 1.82) is 0 Å². The van der Waals surface area contributed by atoms with Crippen LogP contribution in [0.1, 0.15) is 161 Å². The zero-order chi connectivity index (χ0) is 30.2. The number of esters is 3. The zero-order valence-corrected chi connectivity index (χ0v) is 26.4. The average Bonchev–Trinajstić information content (AvgIpc) is 2.97. The van der Waals surface area contributed by atoms with Crippen molar-refractivity contribution in [3.63, 3.8) is 0 Å². The van der Waals surface area contributed by atoms with E-state index in [1.165, 1.54) is 70.3 Å². The molecule has 0 fully saturated rings. The standard InChI is InChI=1S/C34H62O7/c1-3-5-6-7-8-9-10-11-12-14-17-20-23-26-33(37)40-30-31(29-35)41-34(38)27-24-21-18-15-13-16-19-22-25-28-39-32(36)4-2/h4,31,35H,2-3,5-30H2,1H3. The Bertz CT molecular complexity index is 635. The molecule has 0 aromatic rings. The molecule has 0 aliphatic heterocycles. The molecule has 0 saturated carbocycles. The van der Waals surface area contributed by atoms with E-state index in [4.69, 9.17) is 14.2 Å². The van der Waals surface area contributed by atoms with Crippen molar-refractivity contribution in [2.45, 2.75) is 167 Å². The Hall–Kier alpha value is -1.89. The lowest BCUT2D eigenvalue weighted by atomic mass is 10.0. The summed E-state index contributed by atoms with van der Waals surface area (Å²) in [5.74, 6) is -1.01. The molecule has 41 heavy (non-hydrogen) atoms. The minimum Gasteiger partial charge on any atom is -0.463 e. The molecule has 0 aromatic heterocycles. The van der Waals surface area contributed by atoms with Gasteiger partial charge in [0.05, 0.1) is 13.2 Å². The summed E-state index contributed by atoms with van der Waals surface area (Å²) in [6.45, 7) is 5.64. The van der Waals surface area contributed by atoms with Crippen LogP contribution < -0.4 is 0 Å².